The fraction of sp³-hybridized carbons (Fsp3) is 0.267. The van der Waals surface area contributed by atoms with Gasteiger partial charge in [-0.3, -0.25) is 0 Å². The van der Waals surface area contributed by atoms with Gasteiger partial charge >= 0.3 is 5.97 Å². The molecule has 0 atom stereocenters. The zero-order valence-corrected chi connectivity index (χ0v) is 11.9. The summed E-state index contributed by atoms with van der Waals surface area (Å²) in [7, 11) is 0. The summed E-state index contributed by atoms with van der Waals surface area (Å²) in [6.07, 6.45) is 0. The van der Waals surface area contributed by atoms with E-state index in [0.717, 1.165) is 17.8 Å². The highest BCUT2D eigenvalue weighted by molar-refractivity contribution is 7.12. The Morgan fingerprint density at radius 3 is 2.68 bits per heavy atom. The predicted molar refractivity (Wildman–Crippen MR) is 79.2 cm³/mol. The lowest BCUT2D eigenvalue weighted by Crippen LogP contribution is -2.23. The largest absolute Gasteiger partial charge is 0.477 e. The van der Waals surface area contributed by atoms with E-state index in [0.29, 0.717) is 11.4 Å². The second-order valence-corrected chi connectivity index (χ2v) is 5.30. The lowest BCUT2D eigenvalue weighted by atomic mass is 10.1. The summed E-state index contributed by atoms with van der Waals surface area (Å²) in [5.41, 5.74) is 3.24. The van der Waals surface area contributed by atoms with Crippen LogP contribution in [0.15, 0.2) is 35.7 Å². The molecular weight excluding hydrogens is 258 g/mol. The van der Waals surface area contributed by atoms with E-state index in [1.165, 1.54) is 16.9 Å². The van der Waals surface area contributed by atoms with Crippen molar-refractivity contribution in [2.75, 3.05) is 11.4 Å². The Labute approximate surface area is 117 Å². The molecule has 0 aliphatic rings. The van der Waals surface area contributed by atoms with E-state index in [1.54, 1.807) is 0 Å². The first kappa shape index (κ1) is 13.6. The molecule has 100 valence electrons. The molecule has 0 aliphatic carbocycles. The molecule has 0 saturated heterocycles. The maximum absolute atomic E-state index is 11.1. The topological polar surface area (TPSA) is 40.5 Å². The van der Waals surface area contributed by atoms with Gasteiger partial charge in [-0.05, 0) is 42.5 Å². The second-order valence-electron chi connectivity index (χ2n) is 4.38. The van der Waals surface area contributed by atoms with Gasteiger partial charge in [0.15, 0.2) is 0 Å². The van der Waals surface area contributed by atoms with Gasteiger partial charge in [0.05, 0.1) is 0 Å². The van der Waals surface area contributed by atoms with Crippen LogP contribution < -0.4 is 4.90 Å². The highest BCUT2D eigenvalue weighted by Crippen LogP contribution is 2.24. The number of anilines is 1. The third kappa shape index (κ3) is 2.96. The molecule has 0 aliphatic heterocycles. The Morgan fingerprint density at radius 2 is 2.05 bits per heavy atom. The minimum atomic E-state index is -0.842. The molecular formula is C15H17NO2S. The molecule has 0 unspecified atom stereocenters. The van der Waals surface area contributed by atoms with Crippen LogP contribution in [0.25, 0.3) is 0 Å². The summed E-state index contributed by atoms with van der Waals surface area (Å²) in [5, 5.41) is 11.0. The highest BCUT2D eigenvalue weighted by Gasteiger charge is 2.15. The Kier molecular flexibility index (Phi) is 4.22. The Morgan fingerprint density at radius 1 is 1.32 bits per heavy atom. The van der Waals surface area contributed by atoms with Gasteiger partial charge in [0.25, 0.3) is 0 Å². The first-order valence-electron chi connectivity index (χ1n) is 6.23. The van der Waals surface area contributed by atoms with Gasteiger partial charge in [-0.1, -0.05) is 18.2 Å². The van der Waals surface area contributed by atoms with Crippen molar-refractivity contribution >= 4 is 23.0 Å². The number of aromatic carboxylic acids is 1. The van der Waals surface area contributed by atoms with Crippen molar-refractivity contribution in [1.82, 2.24) is 0 Å². The molecule has 1 heterocycles. The number of carboxylic acid groups (broad SMARTS) is 1. The first-order valence-corrected chi connectivity index (χ1v) is 7.11. The fourth-order valence-electron chi connectivity index (χ4n) is 2.14. The number of hydrogen-bond donors (Lipinski definition) is 1. The highest BCUT2D eigenvalue weighted by atomic mass is 32.1. The monoisotopic (exact) mass is 275 g/mol. The van der Waals surface area contributed by atoms with Gasteiger partial charge in [0, 0.05) is 18.8 Å². The lowest BCUT2D eigenvalue weighted by Gasteiger charge is -2.24. The van der Waals surface area contributed by atoms with Gasteiger partial charge in [-0.25, -0.2) is 4.79 Å². The van der Waals surface area contributed by atoms with Gasteiger partial charge in [-0.15, -0.1) is 11.3 Å². The SMILES string of the molecule is CCN(Cc1ccsc1C(=O)O)c1ccccc1C. The van der Waals surface area contributed by atoms with Crippen LogP contribution in [0.5, 0.6) is 0 Å². The Bertz CT molecular complexity index is 577. The maximum Gasteiger partial charge on any atom is 0.346 e. The number of rotatable bonds is 5. The summed E-state index contributed by atoms with van der Waals surface area (Å²) in [6.45, 7) is 5.63. The second kappa shape index (κ2) is 5.89. The third-order valence-corrected chi connectivity index (χ3v) is 4.08. The van der Waals surface area contributed by atoms with Crippen molar-refractivity contribution in [2.45, 2.75) is 20.4 Å². The standard InChI is InChI=1S/C15H17NO2S/c1-3-16(13-7-5-4-6-11(13)2)10-12-8-9-19-14(12)15(17)18/h4-9H,3,10H2,1-2H3,(H,17,18). The van der Waals surface area contributed by atoms with Crippen LogP contribution >= 0.6 is 11.3 Å². The Hall–Kier alpha value is -1.81. The van der Waals surface area contributed by atoms with Crippen molar-refractivity contribution in [3.05, 3.63) is 51.7 Å². The zero-order valence-electron chi connectivity index (χ0n) is 11.1. The van der Waals surface area contributed by atoms with Gasteiger partial charge in [0.2, 0.25) is 0 Å². The molecule has 2 rings (SSSR count). The number of thiophene rings is 1. The third-order valence-electron chi connectivity index (χ3n) is 3.14. The van der Waals surface area contributed by atoms with E-state index in [1.807, 2.05) is 23.6 Å². The van der Waals surface area contributed by atoms with E-state index in [4.69, 9.17) is 5.11 Å². The molecule has 2 aromatic rings. The van der Waals surface area contributed by atoms with Crippen molar-refractivity contribution in [2.24, 2.45) is 0 Å². The van der Waals surface area contributed by atoms with Crippen LogP contribution in [0, 0.1) is 6.92 Å². The van der Waals surface area contributed by atoms with E-state index in [9.17, 15) is 4.79 Å². The van der Waals surface area contributed by atoms with Crippen LogP contribution in [0.3, 0.4) is 0 Å². The number of aryl methyl sites for hydroxylation is 1. The molecule has 3 nitrogen and oxygen atoms in total. The molecule has 0 saturated carbocycles. The van der Waals surface area contributed by atoms with Crippen LogP contribution in [-0.2, 0) is 6.54 Å². The molecule has 19 heavy (non-hydrogen) atoms. The number of hydrogen-bond acceptors (Lipinski definition) is 3. The van der Waals surface area contributed by atoms with Crippen LogP contribution in [0.4, 0.5) is 5.69 Å². The van der Waals surface area contributed by atoms with Crippen molar-refractivity contribution in [3.8, 4) is 0 Å². The minimum absolute atomic E-state index is 0.437. The van der Waals surface area contributed by atoms with E-state index in [-0.39, 0.29) is 0 Å². The quantitative estimate of drug-likeness (QED) is 0.902. The van der Waals surface area contributed by atoms with E-state index < -0.39 is 5.97 Å². The van der Waals surface area contributed by atoms with Crippen LogP contribution in [-0.4, -0.2) is 17.6 Å². The number of carboxylic acids is 1. The van der Waals surface area contributed by atoms with Gasteiger partial charge < -0.3 is 10.0 Å². The fourth-order valence-corrected chi connectivity index (χ4v) is 2.89. The van der Waals surface area contributed by atoms with Crippen LogP contribution in [0.2, 0.25) is 0 Å². The van der Waals surface area contributed by atoms with Gasteiger partial charge in [0.1, 0.15) is 4.88 Å². The average Bonchev–Trinajstić information content (AvgIpc) is 2.85. The van der Waals surface area contributed by atoms with E-state index >= 15 is 0 Å². The molecule has 1 N–H and O–H groups in total. The summed E-state index contributed by atoms with van der Waals surface area (Å²) in [6, 6.07) is 10.1. The van der Waals surface area contributed by atoms with Crippen molar-refractivity contribution < 1.29 is 9.90 Å². The number of benzene rings is 1. The van der Waals surface area contributed by atoms with Crippen molar-refractivity contribution in [1.29, 1.82) is 0 Å². The number of para-hydroxylation sites is 1. The molecule has 0 amide bonds. The number of carbonyl (C=O) groups is 1. The summed E-state index contributed by atoms with van der Waals surface area (Å²) < 4.78 is 0. The molecule has 0 bridgehead atoms. The smallest absolute Gasteiger partial charge is 0.346 e. The van der Waals surface area contributed by atoms with E-state index in [2.05, 4.69) is 30.9 Å². The van der Waals surface area contributed by atoms with Crippen molar-refractivity contribution in [3.63, 3.8) is 0 Å². The van der Waals surface area contributed by atoms with Crippen LogP contribution in [0.1, 0.15) is 27.7 Å². The Balaban J connectivity index is 2.27. The molecule has 0 radical (unpaired) electrons. The molecule has 4 heteroatoms. The number of nitrogens with zero attached hydrogens (tertiary/aromatic N) is 1. The zero-order chi connectivity index (χ0) is 13.8. The minimum Gasteiger partial charge on any atom is -0.477 e. The average molecular weight is 275 g/mol. The molecule has 1 aromatic heterocycles. The summed E-state index contributed by atoms with van der Waals surface area (Å²) in [5.74, 6) is -0.842. The lowest BCUT2D eigenvalue weighted by molar-refractivity contribution is 0.0701. The predicted octanol–water partition coefficient (Wildman–Crippen LogP) is 3.78. The molecule has 1 aromatic carbocycles. The summed E-state index contributed by atoms with van der Waals surface area (Å²) >= 11 is 1.28. The summed E-state index contributed by atoms with van der Waals surface area (Å²) in [4.78, 5) is 13.8. The maximum atomic E-state index is 11.1. The molecule has 0 fully saturated rings. The molecule has 0 spiro atoms. The normalized spacial score (nSPS) is 10.4. The first-order chi connectivity index (χ1) is 9.13. The van der Waals surface area contributed by atoms with Gasteiger partial charge in [-0.2, -0.15) is 0 Å².